The number of morpholine rings is 1. The molecule has 0 N–H and O–H groups in total. The van der Waals surface area contributed by atoms with Crippen molar-refractivity contribution in [1.82, 2.24) is 9.88 Å². The molecule has 0 spiro atoms. The molecule has 0 atom stereocenters. The predicted octanol–water partition coefficient (Wildman–Crippen LogP) is 6.43. The fraction of sp³-hybridized carbons (Fsp3) is 0.324. The number of ether oxygens (including phenoxy) is 4. The van der Waals surface area contributed by atoms with E-state index in [4.69, 9.17) is 25.5 Å². The van der Waals surface area contributed by atoms with Gasteiger partial charge < -0.3 is 18.9 Å². The third-order valence-corrected chi connectivity index (χ3v) is 7.25. The van der Waals surface area contributed by atoms with Crippen LogP contribution in [0.4, 0.5) is 5.69 Å². The minimum absolute atomic E-state index is 0.135. The van der Waals surface area contributed by atoms with Gasteiger partial charge in [-0.25, -0.2) is 4.85 Å². The van der Waals surface area contributed by atoms with Gasteiger partial charge >= 0.3 is 0 Å². The predicted molar refractivity (Wildman–Crippen MR) is 162 cm³/mol. The Kier molecular flexibility index (Phi) is 9.99. The largest absolute Gasteiger partial charge is 0.505 e. The number of unbranched alkanes of at least 4 members (excludes halogenated alkanes) is 1. The van der Waals surface area contributed by atoms with Crippen LogP contribution in [0.5, 0.6) is 23.0 Å². The minimum Gasteiger partial charge on any atom is -0.505 e. The molecule has 1 aromatic heterocycles. The maximum absolute atomic E-state index is 12.6. The summed E-state index contributed by atoms with van der Waals surface area (Å²) in [6, 6.07) is 20.4. The second-order valence-electron chi connectivity index (χ2n) is 10.3. The highest BCUT2D eigenvalue weighted by atomic mass is 16.5. The van der Waals surface area contributed by atoms with Gasteiger partial charge in [-0.15, -0.1) is 0 Å². The van der Waals surface area contributed by atoms with Crippen LogP contribution in [0.25, 0.3) is 15.7 Å². The van der Waals surface area contributed by atoms with Gasteiger partial charge in [-0.3, -0.25) is 14.7 Å². The Hall–Kier alpha value is -4.45. The zero-order chi connectivity index (χ0) is 29.1. The molecule has 0 bridgehead atoms. The number of aromatic nitrogens is 1. The van der Waals surface area contributed by atoms with Gasteiger partial charge in [0.15, 0.2) is 0 Å². The number of hydrogen-bond donors (Lipinski definition) is 0. The molecule has 1 fully saturated rings. The first-order valence-corrected chi connectivity index (χ1v) is 14.3. The van der Waals surface area contributed by atoms with Crippen molar-refractivity contribution in [2.45, 2.75) is 25.7 Å². The van der Waals surface area contributed by atoms with Crippen molar-refractivity contribution < 1.29 is 23.7 Å². The molecule has 1 aliphatic rings. The molecular weight excluding hydrogens is 530 g/mol. The first-order chi connectivity index (χ1) is 20.6. The molecule has 8 nitrogen and oxygen atoms in total. The van der Waals surface area contributed by atoms with Gasteiger partial charge in [0.1, 0.15) is 28.8 Å². The Labute approximate surface area is 246 Å². The summed E-state index contributed by atoms with van der Waals surface area (Å²) >= 11 is 0. The number of carbonyl (C=O) groups is 1. The quantitative estimate of drug-likeness (QED) is 0.137. The van der Waals surface area contributed by atoms with Crippen LogP contribution in [0.2, 0.25) is 0 Å². The molecular formula is C34H35N3O5. The van der Waals surface area contributed by atoms with Gasteiger partial charge in [0, 0.05) is 37.5 Å². The van der Waals surface area contributed by atoms with Crippen molar-refractivity contribution >= 4 is 22.4 Å². The lowest BCUT2D eigenvalue weighted by Gasteiger charge is -2.26. The summed E-state index contributed by atoms with van der Waals surface area (Å²) in [6.07, 6.45) is 4.34. The molecule has 2 heterocycles. The molecule has 42 heavy (non-hydrogen) atoms. The van der Waals surface area contributed by atoms with E-state index in [1.807, 2.05) is 54.6 Å². The minimum atomic E-state index is 0.135. The highest BCUT2D eigenvalue weighted by Gasteiger charge is 2.13. The Balaban J connectivity index is 1.18. The molecule has 1 aliphatic heterocycles. The highest BCUT2D eigenvalue weighted by molar-refractivity contribution is 5.91. The molecule has 0 unspecified atom stereocenters. The summed E-state index contributed by atoms with van der Waals surface area (Å²) in [4.78, 5) is 23.2. The lowest BCUT2D eigenvalue weighted by atomic mass is 10.0. The maximum atomic E-state index is 12.6. The summed E-state index contributed by atoms with van der Waals surface area (Å²) in [6.45, 7) is 12.9. The molecule has 3 aromatic carbocycles. The van der Waals surface area contributed by atoms with Crippen molar-refractivity contribution in [3.63, 3.8) is 0 Å². The number of Topliss-reactive ketones (excluding diaryl/α,β-unsaturated/α-hetero) is 1. The van der Waals surface area contributed by atoms with Crippen LogP contribution in [0.1, 0.15) is 24.0 Å². The summed E-state index contributed by atoms with van der Waals surface area (Å²) in [5, 5.41) is 0.738. The first-order valence-electron chi connectivity index (χ1n) is 14.3. The van der Waals surface area contributed by atoms with E-state index >= 15 is 0 Å². The van der Waals surface area contributed by atoms with E-state index in [0.717, 1.165) is 68.0 Å². The Morgan fingerprint density at radius 3 is 2.29 bits per heavy atom. The second kappa shape index (κ2) is 14.4. The van der Waals surface area contributed by atoms with Crippen LogP contribution in [0.3, 0.4) is 0 Å². The molecule has 0 amide bonds. The number of nitrogens with zero attached hydrogens (tertiary/aromatic N) is 3. The molecule has 0 saturated carbocycles. The zero-order valence-electron chi connectivity index (χ0n) is 23.9. The monoisotopic (exact) mass is 565 g/mol. The number of ketones is 1. The van der Waals surface area contributed by atoms with E-state index in [1.165, 1.54) is 0 Å². The van der Waals surface area contributed by atoms with Crippen LogP contribution < -0.4 is 14.2 Å². The maximum Gasteiger partial charge on any atom is 0.229 e. The third-order valence-electron chi connectivity index (χ3n) is 7.25. The Bertz CT molecular complexity index is 1520. The smallest absolute Gasteiger partial charge is 0.229 e. The zero-order valence-corrected chi connectivity index (χ0v) is 23.9. The molecule has 0 radical (unpaired) electrons. The molecule has 5 rings (SSSR count). The SMILES string of the molecule is [C-]#[N+]c1cc2c(Oc3ccc(CC(=O)Cc4ccc(OC)cc4)cc3)ccnc2cc1OCCCCN1CCOCC1. The lowest BCUT2D eigenvalue weighted by molar-refractivity contribution is -0.117. The number of carbonyl (C=O) groups excluding carboxylic acids is 1. The Morgan fingerprint density at radius 1 is 0.929 bits per heavy atom. The van der Waals surface area contributed by atoms with E-state index in [9.17, 15) is 4.79 Å². The average molecular weight is 566 g/mol. The first kappa shape index (κ1) is 29.1. The fourth-order valence-corrected chi connectivity index (χ4v) is 4.94. The van der Waals surface area contributed by atoms with Crippen LogP contribution in [0.15, 0.2) is 72.9 Å². The van der Waals surface area contributed by atoms with Crippen molar-refractivity contribution in [2.75, 3.05) is 46.6 Å². The standard InChI is InChI=1S/C34H35N3O5/c1-35-32-23-30-31(24-34(32)41-18-4-3-15-37-16-19-40-20-17-37)36-14-13-33(30)42-29-11-7-26(8-12-29)22-27(38)21-25-5-9-28(39-2)10-6-25/h5-14,23-24H,3-4,15-22H2,2H3. The number of pyridine rings is 1. The van der Waals surface area contributed by atoms with E-state index < -0.39 is 0 Å². The number of methoxy groups -OCH3 is 1. The summed E-state index contributed by atoms with van der Waals surface area (Å²) < 4.78 is 22.8. The normalized spacial score (nSPS) is 13.4. The topological polar surface area (TPSA) is 74.5 Å². The fourth-order valence-electron chi connectivity index (χ4n) is 4.94. The second-order valence-corrected chi connectivity index (χ2v) is 10.3. The number of hydrogen-bond acceptors (Lipinski definition) is 7. The molecule has 216 valence electrons. The van der Waals surface area contributed by atoms with Crippen molar-refractivity contribution in [2.24, 2.45) is 0 Å². The van der Waals surface area contributed by atoms with Gasteiger partial charge in [-0.2, -0.15) is 0 Å². The summed E-state index contributed by atoms with van der Waals surface area (Å²) in [7, 11) is 1.62. The number of benzene rings is 3. The van der Waals surface area contributed by atoms with E-state index in [2.05, 4.69) is 14.7 Å². The van der Waals surface area contributed by atoms with E-state index in [0.29, 0.717) is 47.9 Å². The van der Waals surface area contributed by atoms with Crippen molar-refractivity contribution in [3.05, 3.63) is 95.5 Å². The Morgan fingerprint density at radius 2 is 1.62 bits per heavy atom. The van der Waals surface area contributed by atoms with Crippen molar-refractivity contribution in [1.29, 1.82) is 0 Å². The van der Waals surface area contributed by atoms with E-state index in [1.54, 1.807) is 25.4 Å². The lowest BCUT2D eigenvalue weighted by Crippen LogP contribution is -2.36. The highest BCUT2D eigenvalue weighted by Crippen LogP contribution is 2.37. The summed E-state index contributed by atoms with van der Waals surface area (Å²) in [5.74, 6) is 2.69. The van der Waals surface area contributed by atoms with Gasteiger partial charge in [0.2, 0.25) is 5.69 Å². The van der Waals surface area contributed by atoms with Crippen LogP contribution in [0, 0.1) is 6.57 Å². The third kappa shape index (κ3) is 7.84. The van der Waals surface area contributed by atoms with Crippen LogP contribution in [-0.2, 0) is 22.4 Å². The molecule has 4 aromatic rings. The number of fused-ring (bicyclic) bond motifs is 1. The number of rotatable bonds is 13. The van der Waals surface area contributed by atoms with E-state index in [-0.39, 0.29) is 5.78 Å². The molecule has 8 heteroatoms. The average Bonchev–Trinajstić information content (AvgIpc) is 3.02. The van der Waals surface area contributed by atoms with Gasteiger partial charge in [-0.05, 0) is 73.0 Å². The summed E-state index contributed by atoms with van der Waals surface area (Å²) in [5.41, 5.74) is 3.01. The molecule has 0 aliphatic carbocycles. The van der Waals surface area contributed by atoms with Crippen molar-refractivity contribution in [3.8, 4) is 23.0 Å². The van der Waals surface area contributed by atoms with Crippen LogP contribution in [-0.4, -0.2) is 62.2 Å². The van der Waals surface area contributed by atoms with Gasteiger partial charge in [0.25, 0.3) is 0 Å². The van der Waals surface area contributed by atoms with Gasteiger partial charge in [-0.1, -0.05) is 24.3 Å². The molecule has 1 saturated heterocycles. The van der Waals surface area contributed by atoms with Crippen LogP contribution >= 0.6 is 0 Å². The van der Waals surface area contributed by atoms with Gasteiger partial charge in [0.05, 0.1) is 39.0 Å².